The Labute approximate surface area is 270 Å². The Kier molecular flexibility index (Phi) is 16.5. The Hall–Kier alpha value is -4.82. The molecule has 0 aliphatic rings. The highest BCUT2D eigenvalue weighted by Gasteiger charge is 2.29. The number of para-hydroxylation sites is 1. The molecule has 0 saturated heterocycles. The van der Waals surface area contributed by atoms with Gasteiger partial charge in [0.15, 0.2) is 11.9 Å². The molecule has 3 atom stereocenters. The summed E-state index contributed by atoms with van der Waals surface area (Å²) < 4.78 is 0. The van der Waals surface area contributed by atoms with E-state index >= 15 is 0 Å². The van der Waals surface area contributed by atoms with Gasteiger partial charge in [0, 0.05) is 43.0 Å². The Bertz CT molecular complexity index is 1330. The van der Waals surface area contributed by atoms with Crippen molar-refractivity contribution in [2.24, 2.45) is 38.7 Å². The molecule has 0 unspecified atom stereocenters. The predicted molar refractivity (Wildman–Crippen MR) is 180 cm³/mol. The molecule has 254 valence electrons. The highest BCUT2D eigenvalue weighted by atomic mass is 16.2. The van der Waals surface area contributed by atoms with E-state index in [1.807, 2.05) is 24.3 Å². The molecule has 15 nitrogen and oxygen atoms in total. The molecule has 1 aromatic carbocycles. The minimum absolute atomic E-state index is 0.0775. The highest BCUT2D eigenvalue weighted by Crippen LogP contribution is 2.19. The summed E-state index contributed by atoms with van der Waals surface area (Å²) in [6.07, 6.45) is 8.17. The van der Waals surface area contributed by atoms with Gasteiger partial charge in [0.1, 0.15) is 18.1 Å². The normalized spacial score (nSPS) is 12.8. The van der Waals surface area contributed by atoms with Crippen molar-refractivity contribution in [3.05, 3.63) is 36.0 Å². The molecule has 2 aromatic rings. The molecule has 1 aromatic heterocycles. The first-order valence-electron chi connectivity index (χ1n) is 15.9. The van der Waals surface area contributed by atoms with E-state index in [1.54, 1.807) is 6.20 Å². The van der Waals surface area contributed by atoms with Crippen LogP contribution in [0.5, 0.6) is 0 Å². The van der Waals surface area contributed by atoms with Crippen molar-refractivity contribution in [1.82, 2.24) is 20.9 Å². The van der Waals surface area contributed by atoms with Gasteiger partial charge in [-0.3, -0.25) is 29.2 Å². The zero-order chi connectivity index (χ0) is 33.9. The molecular weight excluding hydrogens is 590 g/mol. The van der Waals surface area contributed by atoms with Crippen LogP contribution in [0, 0.1) is 0 Å². The average Bonchev–Trinajstić information content (AvgIpc) is 3.41. The summed E-state index contributed by atoms with van der Waals surface area (Å²) in [7, 11) is 0. The number of unbranched alkanes of at least 4 members (excludes halogenated alkanes) is 4. The molecule has 0 saturated carbocycles. The van der Waals surface area contributed by atoms with Crippen LogP contribution in [0.3, 0.4) is 0 Å². The third-order valence-electron chi connectivity index (χ3n) is 7.44. The number of hydrogen-bond acceptors (Lipinski definition) is 6. The van der Waals surface area contributed by atoms with Crippen LogP contribution >= 0.6 is 0 Å². The van der Waals surface area contributed by atoms with Crippen LogP contribution in [0.15, 0.2) is 40.4 Å². The number of primary amides is 1. The minimum atomic E-state index is -1.07. The maximum atomic E-state index is 13.6. The van der Waals surface area contributed by atoms with Crippen molar-refractivity contribution >= 4 is 46.5 Å². The number of nitrogens with zero attached hydrogens (tertiary/aromatic N) is 2. The van der Waals surface area contributed by atoms with Gasteiger partial charge >= 0.3 is 0 Å². The maximum Gasteiger partial charge on any atom is 0.243 e. The lowest BCUT2D eigenvalue weighted by molar-refractivity contribution is -0.133. The van der Waals surface area contributed by atoms with Crippen LogP contribution in [0.25, 0.3) is 10.9 Å². The van der Waals surface area contributed by atoms with Crippen LogP contribution in [0.1, 0.15) is 76.7 Å². The van der Waals surface area contributed by atoms with Crippen LogP contribution < -0.4 is 44.6 Å². The lowest BCUT2D eigenvalue weighted by atomic mass is 10.0. The van der Waals surface area contributed by atoms with E-state index in [0.29, 0.717) is 19.3 Å². The summed E-state index contributed by atoms with van der Waals surface area (Å²) in [4.78, 5) is 63.3. The van der Waals surface area contributed by atoms with Crippen LogP contribution in [0.4, 0.5) is 0 Å². The first-order chi connectivity index (χ1) is 22.0. The number of aromatic nitrogens is 1. The number of nitrogens with two attached hydrogens (primary N) is 5. The zero-order valence-corrected chi connectivity index (χ0v) is 26.7. The number of aromatic amines is 1. The van der Waals surface area contributed by atoms with Crippen LogP contribution in [-0.4, -0.2) is 71.7 Å². The number of aliphatic imine (C=N–C) groups is 2. The summed E-state index contributed by atoms with van der Waals surface area (Å²) in [6.45, 7) is 2.59. The van der Waals surface area contributed by atoms with Gasteiger partial charge in [0.25, 0.3) is 0 Å². The zero-order valence-electron chi connectivity index (χ0n) is 26.7. The van der Waals surface area contributed by atoms with E-state index in [9.17, 15) is 19.2 Å². The summed E-state index contributed by atoms with van der Waals surface area (Å²) in [5.74, 6) is -2.34. The van der Waals surface area contributed by atoms with E-state index in [4.69, 9.17) is 28.7 Å². The summed E-state index contributed by atoms with van der Waals surface area (Å²) in [6, 6.07) is 4.50. The van der Waals surface area contributed by atoms with Crippen molar-refractivity contribution in [2.45, 2.75) is 95.7 Å². The molecule has 1 heterocycles. The number of carbonyl (C=O) groups excluding carboxylic acids is 4. The SMILES string of the molecule is CCCCCCCC(=O)N[C@@H](CCCN=C(N)N)C(=O)N[C@@H](CCCN=C(N)N)C(=O)N[C@@H](Cc1c[nH]c2ccccc12)C(N)=O. The lowest BCUT2D eigenvalue weighted by Gasteiger charge is -2.25. The second-order valence-corrected chi connectivity index (χ2v) is 11.3. The van der Waals surface area contributed by atoms with E-state index in [0.717, 1.165) is 42.1 Å². The fourth-order valence-corrected chi connectivity index (χ4v) is 4.99. The number of H-pyrrole nitrogens is 1. The van der Waals surface area contributed by atoms with Gasteiger partial charge in [0.05, 0.1) is 0 Å². The summed E-state index contributed by atoms with van der Waals surface area (Å²) >= 11 is 0. The third-order valence-corrected chi connectivity index (χ3v) is 7.44. The largest absolute Gasteiger partial charge is 0.370 e. The first-order valence-corrected chi connectivity index (χ1v) is 15.9. The molecule has 14 N–H and O–H groups in total. The van der Waals surface area contributed by atoms with E-state index in [2.05, 4.69) is 37.8 Å². The fraction of sp³-hybridized carbons (Fsp3) is 0.548. The molecule has 0 bridgehead atoms. The molecule has 0 aliphatic heterocycles. The number of amides is 4. The van der Waals surface area contributed by atoms with Crippen molar-refractivity contribution < 1.29 is 19.2 Å². The second kappa shape index (κ2) is 20.3. The van der Waals surface area contributed by atoms with Gasteiger partial charge in [-0.2, -0.15) is 0 Å². The smallest absolute Gasteiger partial charge is 0.243 e. The van der Waals surface area contributed by atoms with Gasteiger partial charge < -0.3 is 49.6 Å². The molecule has 46 heavy (non-hydrogen) atoms. The van der Waals surface area contributed by atoms with Crippen LogP contribution in [0.2, 0.25) is 0 Å². The predicted octanol–water partition coefficient (Wildman–Crippen LogP) is 0.118. The molecule has 2 rings (SSSR count). The first kappa shape index (κ1) is 37.4. The molecule has 0 spiro atoms. The Morgan fingerprint density at radius 1 is 0.739 bits per heavy atom. The van der Waals surface area contributed by atoms with Gasteiger partial charge in [-0.25, -0.2) is 0 Å². The summed E-state index contributed by atoms with van der Waals surface area (Å²) in [5, 5.41) is 9.16. The summed E-state index contributed by atoms with van der Waals surface area (Å²) in [5.41, 5.74) is 29.1. The van der Waals surface area contributed by atoms with Crippen LogP contribution in [-0.2, 0) is 25.6 Å². The van der Waals surface area contributed by atoms with Gasteiger partial charge in [-0.05, 0) is 43.7 Å². The quantitative estimate of drug-likeness (QED) is 0.0482. The number of carbonyl (C=O) groups is 4. The molecule has 0 radical (unpaired) electrons. The molecular formula is C31H51N11O4. The highest BCUT2D eigenvalue weighted by molar-refractivity contribution is 5.94. The van der Waals surface area contributed by atoms with Crippen molar-refractivity contribution in [3.8, 4) is 0 Å². The van der Waals surface area contributed by atoms with E-state index in [1.165, 1.54) is 0 Å². The molecule has 4 amide bonds. The maximum absolute atomic E-state index is 13.6. The standard InChI is InChI=1S/C31H51N11O4/c1-2-3-4-5-6-15-26(43)40-23(13-9-16-37-30(33)34)28(45)41-24(14-10-17-38-31(35)36)29(46)42-25(27(32)44)18-20-19-39-22-12-8-7-11-21(20)22/h7-8,11-12,19,23-25,39H,2-6,9-10,13-18H2,1H3,(H2,32,44)(H,40,43)(H,41,45)(H,42,46)(H4,33,34,37)(H4,35,36,38)/t23-,24-,25-/m0/s1. The Balaban J connectivity index is 2.18. The van der Waals surface area contributed by atoms with E-state index < -0.39 is 35.8 Å². The lowest BCUT2D eigenvalue weighted by Crippen LogP contribution is -2.56. The fourth-order valence-electron chi connectivity index (χ4n) is 4.99. The Morgan fingerprint density at radius 3 is 1.89 bits per heavy atom. The number of fused-ring (bicyclic) bond motifs is 1. The van der Waals surface area contributed by atoms with E-state index in [-0.39, 0.29) is 56.6 Å². The molecule has 0 fully saturated rings. The Morgan fingerprint density at radius 2 is 1.30 bits per heavy atom. The number of guanidine groups is 2. The molecule has 15 heteroatoms. The monoisotopic (exact) mass is 641 g/mol. The van der Waals surface area contributed by atoms with Gasteiger partial charge in [-0.1, -0.05) is 50.8 Å². The number of benzene rings is 1. The number of nitrogens with one attached hydrogen (secondary N) is 4. The van der Waals surface area contributed by atoms with Crippen molar-refractivity contribution in [2.75, 3.05) is 13.1 Å². The molecule has 0 aliphatic carbocycles. The van der Waals surface area contributed by atoms with Gasteiger partial charge in [0.2, 0.25) is 23.6 Å². The minimum Gasteiger partial charge on any atom is -0.370 e. The third kappa shape index (κ3) is 13.9. The van der Waals surface area contributed by atoms with Gasteiger partial charge in [-0.15, -0.1) is 0 Å². The number of hydrogen-bond donors (Lipinski definition) is 9. The van der Waals surface area contributed by atoms with Crippen molar-refractivity contribution in [3.63, 3.8) is 0 Å². The topological polar surface area (TPSA) is 275 Å². The second-order valence-electron chi connectivity index (χ2n) is 11.3. The average molecular weight is 642 g/mol. The van der Waals surface area contributed by atoms with Crippen molar-refractivity contribution in [1.29, 1.82) is 0 Å². The number of rotatable bonds is 22.